The molecule has 0 saturated carbocycles. The molecule has 0 bridgehead atoms. The third kappa shape index (κ3) is 39.8. The maximum Gasteiger partial charge on any atom is 0.469 e. The van der Waals surface area contributed by atoms with E-state index in [1.54, 1.807) is 0 Å². The van der Waals surface area contributed by atoms with Crippen molar-refractivity contribution in [2.45, 2.75) is 238 Å². The number of esters is 2. The lowest BCUT2D eigenvalue weighted by molar-refractivity contribution is -0.161. The van der Waals surface area contributed by atoms with Crippen LogP contribution in [0.4, 0.5) is 0 Å². The summed E-state index contributed by atoms with van der Waals surface area (Å²) in [5.41, 5.74) is 0. The topological polar surface area (TPSA) is 119 Å². The molecule has 8 nitrogen and oxygen atoms in total. The van der Waals surface area contributed by atoms with Crippen molar-refractivity contribution >= 4 is 19.8 Å². The Balaban J connectivity index is 3.82. The summed E-state index contributed by atoms with van der Waals surface area (Å²) in [7, 11) is -4.74. The van der Waals surface area contributed by atoms with Gasteiger partial charge in [-0.2, -0.15) is 0 Å². The first-order valence-corrected chi connectivity index (χ1v) is 22.9. The number of carbonyl (C=O) groups is 2. The lowest BCUT2D eigenvalue weighted by Crippen LogP contribution is -2.29. The second kappa shape index (κ2) is 37.8. The van der Waals surface area contributed by atoms with Crippen LogP contribution in [0.2, 0.25) is 0 Å². The summed E-state index contributed by atoms with van der Waals surface area (Å²) < 4.78 is 26.4. The zero-order chi connectivity index (χ0) is 36.8. The minimum atomic E-state index is -4.74. The number of hydrogen-bond acceptors (Lipinski definition) is 6. The second-order valence-electron chi connectivity index (χ2n) is 14.7. The lowest BCUT2D eigenvalue weighted by atomic mass is 10.0. The van der Waals surface area contributed by atoms with E-state index in [1.165, 1.54) is 167 Å². The Morgan fingerprint density at radius 2 is 0.720 bits per heavy atom. The van der Waals surface area contributed by atoms with Gasteiger partial charge < -0.3 is 19.3 Å². The summed E-state index contributed by atoms with van der Waals surface area (Å²) in [6.07, 6.45) is 39.7. The fourth-order valence-electron chi connectivity index (χ4n) is 6.43. The van der Waals surface area contributed by atoms with Crippen molar-refractivity contribution in [1.29, 1.82) is 0 Å². The molecule has 0 rings (SSSR count). The van der Waals surface area contributed by atoms with Gasteiger partial charge in [0, 0.05) is 12.8 Å². The summed E-state index contributed by atoms with van der Waals surface area (Å²) in [6.45, 7) is 3.71. The number of rotatable bonds is 40. The van der Waals surface area contributed by atoms with Gasteiger partial charge in [-0.05, 0) is 12.8 Å². The van der Waals surface area contributed by atoms with E-state index in [9.17, 15) is 14.2 Å². The Morgan fingerprint density at radius 1 is 0.440 bits per heavy atom. The minimum absolute atomic E-state index is 0.220. The molecule has 0 aromatic carbocycles. The average molecular weight is 733 g/mol. The first-order chi connectivity index (χ1) is 24.3. The first-order valence-electron chi connectivity index (χ1n) is 21.3. The van der Waals surface area contributed by atoms with E-state index in [0.717, 1.165) is 32.1 Å². The van der Waals surface area contributed by atoms with Crippen LogP contribution in [0.3, 0.4) is 0 Å². The molecular weight excluding hydrogens is 651 g/mol. The fraction of sp³-hybridized carbons (Fsp3) is 0.951. The molecule has 0 heterocycles. The van der Waals surface area contributed by atoms with E-state index >= 15 is 0 Å². The van der Waals surface area contributed by atoms with E-state index in [-0.39, 0.29) is 19.4 Å². The Bertz CT molecular complexity index is 787. The highest BCUT2D eigenvalue weighted by Crippen LogP contribution is 2.36. The highest BCUT2D eigenvalue weighted by atomic mass is 31.2. The summed E-state index contributed by atoms with van der Waals surface area (Å²) in [4.78, 5) is 42.8. The predicted molar refractivity (Wildman–Crippen MR) is 207 cm³/mol. The molecule has 0 unspecified atom stereocenters. The molecular formula is C41H81O8P. The smallest absolute Gasteiger partial charge is 0.462 e. The normalized spacial score (nSPS) is 12.3. The summed E-state index contributed by atoms with van der Waals surface area (Å²) in [6, 6.07) is 0. The third-order valence-corrected chi connectivity index (χ3v) is 10.1. The van der Waals surface area contributed by atoms with Crippen molar-refractivity contribution in [3.8, 4) is 0 Å². The van der Waals surface area contributed by atoms with Gasteiger partial charge in [0.25, 0.3) is 0 Å². The van der Waals surface area contributed by atoms with Crippen molar-refractivity contribution < 1.29 is 37.9 Å². The Kier molecular flexibility index (Phi) is 37.1. The van der Waals surface area contributed by atoms with Crippen LogP contribution in [-0.2, 0) is 28.2 Å². The number of phosphoric acid groups is 1. The zero-order valence-corrected chi connectivity index (χ0v) is 33.7. The number of hydrogen-bond donors (Lipinski definition) is 2. The molecule has 0 amide bonds. The lowest BCUT2D eigenvalue weighted by Gasteiger charge is -2.18. The van der Waals surface area contributed by atoms with Crippen LogP contribution in [0, 0.1) is 0 Å². The van der Waals surface area contributed by atoms with Gasteiger partial charge in [0.05, 0.1) is 6.61 Å². The maximum atomic E-state index is 12.4. The Morgan fingerprint density at radius 3 is 1.02 bits per heavy atom. The molecule has 0 aromatic heterocycles. The molecule has 0 radical (unpaired) electrons. The van der Waals surface area contributed by atoms with E-state index in [0.29, 0.717) is 6.42 Å². The highest BCUT2D eigenvalue weighted by molar-refractivity contribution is 7.46. The quantitative estimate of drug-likeness (QED) is 0.0363. The van der Waals surface area contributed by atoms with Gasteiger partial charge in [0.2, 0.25) is 0 Å². The van der Waals surface area contributed by atoms with Gasteiger partial charge >= 0.3 is 19.8 Å². The van der Waals surface area contributed by atoms with E-state index in [2.05, 4.69) is 18.4 Å². The average Bonchev–Trinajstić information content (AvgIpc) is 3.08. The van der Waals surface area contributed by atoms with Crippen LogP contribution in [0.1, 0.15) is 232 Å². The maximum absolute atomic E-state index is 12.4. The molecule has 9 heteroatoms. The van der Waals surface area contributed by atoms with E-state index < -0.39 is 32.5 Å². The SMILES string of the molecule is CCCCCCCCCCCCCCCCCCCCCC(=O)OC[C@H](COP(=O)(O)O)OC(=O)CCCCCCCCCCCCCCC. The summed E-state index contributed by atoms with van der Waals surface area (Å²) in [5, 5.41) is 0. The number of unbranched alkanes of at least 4 members (excludes halogenated alkanes) is 30. The molecule has 1 atom stereocenters. The van der Waals surface area contributed by atoms with Crippen LogP contribution < -0.4 is 0 Å². The summed E-state index contributed by atoms with van der Waals surface area (Å²) >= 11 is 0. The molecule has 0 aromatic rings. The largest absolute Gasteiger partial charge is 0.469 e. The summed E-state index contributed by atoms with van der Waals surface area (Å²) in [5.74, 6) is -0.868. The van der Waals surface area contributed by atoms with Gasteiger partial charge in [-0.25, -0.2) is 4.57 Å². The molecule has 0 aliphatic rings. The molecule has 0 fully saturated rings. The molecule has 298 valence electrons. The molecule has 0 aliphatic carbocycles. The zero-order valence-electron chi connectivity index (χ0n) is 32.8. The molecule has 0 spiro atoms. The van der Waals surface area contributed by atoms with Crippen molar-refractivity contribution in [2.24, 2.45) is 0 Å². The van der Waals surface area contributed by atoms with Crippen LogP contribution >= 0.6 is 7.82 Å². The second-order valence-corrected chi connectivity index (χ2v) is 15.9. The standard InChI is InChI=1S/C41H81O8P/c1-3-5-7-9-11-13-15-17-18-19-20-21-22-24-25-27-29-31-33-35-40(42)47-37-39(38-48-50(44,45)46)49-41(43)36-34-32-30-28-26-23-16-14-12-10-8-6-4-2/h39H,3-38H2,1-2H3,(H2,44,45,46)/t39-/m1/s1. The Labute approximate surface area is 308 Å². The van der Waals surface area contributed by atoms with Crippen LogP contribution in [0.5, 0.6) is 0 Å². The van der Waals surface area contributed by atoms with Crippen molar-refractivity contribution in [3.63, 3.8) is 0 Å². The molecule has 50 heavy (non-hydrogen) atoms. The minimum Gasteiger partial charge on any atom is -0.462 e. The van der Waals surface area contributed by atoms with Crippen molar-refractivity contribution in [3.05, 3.63) is 0 Å². The number of ether oxygens (including phenoxy) is 2. The number of phosphoric ester groups is 1. The monoisotopic (exact) mass is 733 g/mol. The van der Waals surface area contributed by atoms with Crippen LogP contribution in [0.25, 0.3) is 0 Å². The molecule has 2 N–H and O–H groups in total. The Hall–Kier alpha value is -0.950. The van der Waals surface area contributed by atoms with Crippen LogP contribution in [0.15, 0.2) is 0 Å². The highest BCUT2D eigenvalue weighted by Gasteiger charge is 2.22. The van der Waals surface area contributed by atoms with Gasteiger partial charge in [-0.1, -0.05) is 206 Å². The van der Waals surface area contributed by atoms with E-state index in [4.69, 9.17) is 19.3 Å². The van der Waals surface area contributed by atoms with Gasteiger partial charge in [0.15, 0.2) is 6.10 Å². The van der Waals surface area contributed by atoms with Crippen molar-refractivity contribution in [2.75, 3.05) is 13.2 Å². The number of carbonyl (C=O) groups excluding carboxylic acids is 2. The first kappa shape index (κ1) is 49.0. The molecule has 0 saturated heterocycles. The third-order valence-electron chi connectivity index (χ3n) is 9.63. The fourth-order valence-corrected chi connectivity index (χ4v) is 6.79. The van der Waals surface area contributed by atoms with Crippen LogP contribution in [-0.4, -0.2) is 41.0 Å². The van der Waals surface area contributed by atoms with E-state index in [1.807, 2.05) is 0 Å². The predicted octanol–water partition coefficient (Wildman–Crippen LogP) is 12.9. The van der Waals surface area contributed by atoms with Crippen molar-refractivity contribution in [1.82, 2.24) is 0 Å². The van der Waals surface area contributed by atoms with Gasteiger partial charge in [-0.3, -0.25) is 14.1 Å². The van der Waals surface area contributed by atoms with Gasteiger partial charge in [0.1, 0.15) is 6.61 Å². The van der Waals surface area contributed by atoms with Gasteiger partial charge in [-0.15, -0.1) is 0 Å². The molecule has 0 aliphatic heterocycles.